The molecule has 10 heteroatoms. The molecule has 2 aromatic carbocycles. The summed E-state index contributed by atoms with van der Waals surface area (Å²) >= 11 is 17.9. The third-order valence-electron chi connectivity index (χ3n) is 4.72. The summed E-state index contributed by atoms with van der Waals surface area (Å²) in [4.78, 5) is 12.6. The Morgan fingerprint density at radius 1 is 1.14 bits per heavy atom. The van der Waals surface area contributed by atoms with Crippen molar-refractivity contribution in [2.24, 2.45) is 5.92 Å². The first-order chi connectivity index (χ1) is 13.7. The molecule has 0 saturated carbocycles. The van der Waals surface area contributed by atoms with E-state index in [1.165, 1.54) is 16.4 Å². The van der Waals surface area contributed by atoms with Gasteiger partial charge in [0.1, 0.15) is 5.82 Å². The van der Waals surface area contributed by atoms with Crippen LogP contribution in [0, 0.1) is 11.7 Å². The first-order valence-electron chi connectivity index (χ1n) is 8.84. The Bertz CT molecular complexity index is 1010. The monoisotopic (exact) mass is 478 g/mol. The molecular formula is C19H18Cl3FN2O3S. The summed E-state index contributed by atoms with van der Waals surface area (Å²) in [6.45, 7) is 0.363. The van der Waals surface area contributed by atoms with E-state index in [2.05, 4.69) is 5.32 Å². The van der Waals surface area contributed by atoms with Crippen molar-refractivity contribution in [3.63, 3.8) is 0 Å². The topological polar surface area (TPSA) is 66.5 Å². The Kier molecular flexibility index (Phi) is 7.06. The van der Waals surface area contributed by atoms with Gasteiger partial charge in [0.15, 0.2) is 0 Å². The molecule has 1 atom stereocenters. The highest BCUT2D eigenvalue weighted by Crippen LogP contribution is 2.29. The van der Waals surface area contributed by atoms with Crippen LogP contribution in [0.4, 0.5) is 10.1 Å². The number of halogens is 4. The molecule has 0 spiro atoms. The van der Waals surface area contributed by atoms with E-state index in [1.54, 1.807) is 18.2 Å². The van der Waals surface area contributed by atoms with Gasteiger partial charge in [-0.15, -0.1) is 0 Å². The number of sulfonamides is 1. The van der Waals surface area contributed by atoms with Gasteiger partial charge in [0.2, 0.25) is 15.9 Å². The zero-order chi connectivity index (χ0) is 21.2. The van der Waals surface area contributed by atoms with Crippen LogP contribution in [0.5, 0.6) is 0 Å². The molecule has 1 amide bonds. The van der Waals surface area contributed by atoms with Gasteiger partial charge in [-0.05, 0) is 43.2 Å². The number of carbonyl (C=O) groups excluding carboxylic acids is 1. The van der Waals surface area contributed by atoms with Crippen molar-refractivity contribution in [1.82, 2.24) is 4.31 Å². The number of nitrogens with zero attached hydrogens (tertiary/aromatic N) is 1. The van der Waals surface area contributed by atoms with Crippen molar-refractivity contribution in [2.45, 2.75) is 18.6 Å². The Balaban J connectivity index is 1.70. The van der Waals surface area contributed by atoms with E-state index in [-0.39, 0.29) is 33.3 Å². The van der Waals surface area contributed by atoms with Gasteiger partial charge in [0.25, 0.3) is 0 Å². The van der Waals surface area contributed by atoms with Crippen LogP contribution in [0.2, 0.25) is 15.1 Å². The van der Waals surface area contributed by atoms with Gasteiger partial charge in [-0.2, -0.15) is 0 Å². The van der Waals surface area contributed by atoms with E-state index >= 15 is 0 Å². The minimum Gasteiger partial charge on any atom is -0.326 e. The summed E-state index contributed by atoms with van der Waals surface area (Å²) < 4.78 is 40.3. The Labute approximate surface area is 183 Å². The molecule has 1 aliphatic heterocycles. The highest BCUT2D eigenvalue weighted by molar-refractivity contribution is 7.88. The van der Waals surface area contributed by atoms with E-state index in [0.717, 1.165) is 6.07 Å². The molecule has 1 saturated heterocycles. The predicted molar refractivity (Wildman–Crippen MR) is 113 cm³/mol. The van der Waals surface area contributed by atoms with Crippen LogP contribution >= 0.6 is 34.8 Å². The number of amides is 1. The zero-order valence-electron chi connectivity index (χ0n) is 15.2. The molecule has 3 rings (SSSR count). The smallest absolute Gasteiger partial charge is 0.228 e. The first kappa shape index (κ1) is 22.3. The molecule has 0 bridgehead atoms. The molecule has 1 heterocycles. The molecular weight excluding hydrogens is 462 g/mol. The number of rotatable bonds is 5. The van der Waals surface area contributed by atoms with Crippen LogP contribution in [-0.2, 0) is 20.6 Å². The second-order valence-corrected chi connectivity index (χ2v) is 9.96. The average molecular weight is 480 g/mol. The molecule has 2 aromatic rings. The van der Waals surface area contributed by atoms with Gasteiger partial charge in [-0.1, -0.05) is 40.9 Å². The van der Waals surface area contributed by atoms with Crippen LogP contribution in [0.25, 0.3) is 0 Å². The predicted octanol–water partition coefficient (Wildman–Crippen LogP) is 4.97. The fourth-order valence-corrected chi connectivity index (χ4v) is 5.71. The van der Waals surface area contributed by atoms with Crippen molar-refractivity contribution < 1.29 is 17.6 Å². The molecule has 0 unspecified atom stereocenters. The third-order valence-corrected chi connectivity index (χ3v) is 7.49. The fraction of sp³-hybridized carbons (Fsp3) is 0.316. The lowest BCUT2D eigenvalue weighted by Gasteiger charge is -2.31. The van der Waals surface area contributed by atoms with Crippen LogP contribution in [0.1, 0.15) is 18.4 Å². The molecule has 0 aromatic heterocycles. The van der Waals surface area contributed by atoms with E-state index in [1.807, 2.05) is 0 Å². The quantitative estimate of drug-likeness (QED) is 0.659. The van der Waals surface area contributed by atoms with E-state index in [0.29, 0.717) is 30.6 Å². The molecule has 156 valence electrons. The lowest BCUT2D eigenvalue weighted by molar-refractivity contribution is -0.120. The first-order valence-corrected chi connectivity index (χ1v) is 11.6. The van der Waals surface area contributed by atoms with Gasteiger partial charge in [0, 0.05) is 34.4 Å². The van der Waals surface area contributed by atoms with E-state index in [4.69, 9.17) is 34.8 Å². The molecule has 1 fully saturated rings. The molecule has 0 aliphatic carbocycles. The number of piperidine rings is 1. The minimum absolute atomic E-state index is 0.0468. The van der Waals surface area contributed by atoms with Gasteiger partial charge in [0.05, 0.1) is 16.7 Å². The minimum atomic E-state index is -3.72. The number of carbonyl (C=O) groups is 1. The van der Waals surface area contributed by atoms with Crippen molar-refractivity contribution >= 4 is 56.4 Å². The fourth-order valence-electron chi connectivity index (χ4n) is 3.17. The number of anilines is 1. The maximum Gasteiger partial charge on any atom is 0.228 e. The summed E-state index contributed by atoms with van der Waals surface area (Å²) in [5.41, 5.74) is 0.688. The molecule has 1 aliphatic rings. The summed E-state index contributed by atoms with van der Waals surface area (Å²) in [5.74, 6) is -1.81. The van der Waals surface area contributed by atoms with Crippen LogP contribution in [0.3, 0.4) is 0 Å². The number of hydrogen-bond donors (Lipinski definition) is 1. The standard InChI is InChI=1S/C19H18Cl3FN2O3S/c20-15-4-1-5-16(21)14(15)11-29(27,28)25-8-2-3-12(10-25)19(26)24-13-6-7-18(23)17(22)9-13/h1,4-7,9,12H,2-3,8,10-11H2,(H,24,26)/t12-/m1/s1. The molecule has 1 N–H and O–H groups in total. The number of hydrogen-bond acceptors (Lipinski definition) is 3. The van der Waals surface area contributed by atoms with Crippen LogP contribution in [-0.4, -0.2) is 31.7 Å². The maximum absolute atomic E-state index is 13.3. The van der Waals surface area contributed by atoms with Gasteiger partial charge < -0.3 is 5.32 Å². The second-order valence-electron chi connectivity index (χ2n) is 6.77. The Hall–Kier alpha value is -1.38. The zero-order valence-corrected chi connectivity index (χ0v) is 18.3. The molecule has 5 nitrogen and oxygen atoms in total. The summed E-state index contributed by atoms with van der Waals surface area (Å²) in [6.07, 6.45) is 1.08. The van der Waals surface area contributed by atoms with Crippen molar-refractivity contribution in [3.05, 3.63) is 62.8 Å². The normalized spacial score (nSPS) is 17.9. The van der Waals surface area contributed by atoms with Gasteiger partial charge in [-0.3, -0.25) is 4.79 Å². The second kappa shape index (κ2) is 9.18. The number of nitrogens with one attached hydrogen (secondary N) is 1. The summed E-state index contributed by atoms with van der Waals surface area (Å²) in [7, 11) is -3.72. The third kappa shape index (κ3) is 5.41. The lowest BCUT2D eigenvalue weighted by Crippen LogP contribution is -2.44. The van der Waals surface area contributed by atoms with Gasteiger partial charge in [-0.25, -0.2) is 17.1 Å². The average Bonchev–Trinajstić information content (AvgIpc) is 2.68. The highest BCUT2D eigenvalue weighted by Gasteiger charge is 2.33. The Morgan fingerprint density at radius 2 is 1.83 bits per heavy atom. The van der Waals surface area contributed by atoms with E-state index in [9.17, 15) is 17.6 Å². The van der Waals surface area contributed by atoms with Crippen molar-refractivity contribution in [1.29, 1.82) is 0 Å². The SMILES string of the molecule is O=C(Nc1ccc(F)c(Cl)c1)[C@@H]1CCCN(S(=O)(=O)Cc2c(Cl)cccc2Cl)C1. The summed E-state index contributed by atoms with van der Waals surface area (Å²) in [6, 6.07) is 8.67. The van der Waals surface area contributed by atoms with Crippen molar-refractivity contribution in [2.75, 3.05) is 18.4 Å². The Morgan fingerprint density at radius 3 is 2.48 bits per heavy atom. The summed E-state index contributed by atoms with van der Waals surface area (Å²) in [5, 5.41) is 3.12. The van der Waals surface area contributed by atoms with Gasteiger partial charge >= 0.3 is 0 Å². The lowest BCUT2D eigenvalue weighted by atomic mass is 9.99. The highest BCUT2D eigenvalue weighted by atomic mass is 35.5. The molecule has 0 radical (unpaired) electrons. The van der Waals surface area contributed by atoms with Crippen molar-refractivity contribution in [3.8, 4) is 0 Å². The number of benzene rings is 2. The largest absolute Gasteiger partial charge is 0.326 e. The molecule has 29 heavy (non-hydrogen) atoms. The van der Waals surface area contributed by atoms with Crippen LogP contribution in [0.15, 0.2) is 36.4 Å². The van der Waals surface area contributed by atoms with Crippen LogP contribution < -0.4 is 5.32 Å². The maximum atomic E-state index is 13.3. The van der Waals surface area contributed by atoms with E-state index < -0.39 is 21.8 Å².